The summed E-state index contributed by atoms with van der Waals surface area (Å²) in [4.78, 5) is 24.1. The van der Waals surface area contributed by atoms with Gasteiger partial charge in [0.15, 0.2) is 0 Å². The van der Waals surface area contributed by atoms with Gasteiger partial charge >= 0.3 is 0 Å². The van der Waals surface area contributed by atoms with Gasteiger partial charge in [-0.15, -0.1) is 4.91 Å². The molecule has 0 saturated heterocycles. The Morgan fingerprint density at radius 1 is 1.56 bits per heavy atom. The number of nitro benzene ring substituents is 1. The minimum atomic E-state index is -0.501. The molecule has 1 heterocycles. The molecule has 1 aromatic carbocycles. The number of hydrogen-bond donors (Lipinski definition) is 1. The molecule has 0 amide bonds. The van der Waals surface area contributed by atoms with Gasteiger partial charge in [0.1, 0.15) is 0 Å². The van der Waals surface area contributed by atoms with Gasteiger partial charge in [0, 0.05) is 19.2 Å². The lowest BCUT2D eigenvalue weighted by Crippen LogP contribution is -1.96. The van der Waals surface area contributed by atoms with Gasteiger partial charge < -0.3 is 4.57 Å². The van der Waals surface area contributed by atoms with Crippen LogP contribution in [0.5, 0.6) is 0 Å². The van der Waals surface area contributed by atoms with Crippen molar-refractivity contribution in [3.8, 4) is 0 Å². The molecule has 2 aromatic rings. The first kappa shape index (κ1) is 10.0. The predicted molar refractivity (Wildman–Crippen MR) is 56.8 cm³/mol. The summed E-state index contributed by atoms with van der Waals surface area (Å²) in [6.45, 7) is 0. The monoisotopic (exact) mass is 221 g/mol. The maximum absolute atomic E-state index is 10.5. The van der Waals surface area contributed by atoms with Gasteiger partial charge in [-0.1, -0.05) is 0 Å². The van der Waals surface area contributed by atoms with Crippen LogP contribution in [0.2, 0.25) is 0 Å². The van der Waals surface area contributed by atoms with Crippen molar-refractivity contribution in [1.29, 1.82) is 0 Å². The summed E-state index contributed by atoms with van der Waals surface area (Å²) in [6.07, 6.45) is 0. The van der Waals surface area contributed by atoms with Crippen LogP contribution in [0.1, 0.15) is 0 Å². The Morgan fingerprint density at radius 3 is 2.94 bits per heavy atom. The van der Waals surface area contributed by atoms with E-state index in [1.165, 1.54) is 12.1 Å². The number of aromatic nitrogens is 2. The number of nitrogens with zero attached hydrogens (tertiary/aromatic N) is 4. The smallest absolute Gasteiger partial charge is 0.271 e. The summed E-state index contributed by atoms with van der Waals surface area (Å²) in [6, 6.07) is 4.28. The molecule has 0 unspecified atom stereocenters. The number of imidazole rings is 1. The third kappa shape index (κ3) is 1.45. The summed E-state index contributed by atoms with van der Waals surface area (Å²) in [7, 11) is 1.68. The van der Waals surface area contributed by atoms with E-state index in [2.05, 4.69) is 15.7 Å². The van der Waals surface area contributed by atoms with E-state index in [1.54, 1.807) is 17.7 Å². The molecule has 0 bridgehead atoms. The first-order valence-corrected chi connectivity index (χ1v) is 4.32. The number of nitroso groups, excluding NO2 is 1. The second-order valence-corrected chi connectivity index (χ2v) is 3.13. The van der Waals surface area contributed by atoms with Crippen molar-refractivity contribution in [1.82, 2.24) is 9.55 Å². The van der Waals surface area contributed by atoms with E-state index in [4.69, 9.17) is 0 Å². The zero-order chi connectivity index (χ0) is 11.7. The minimum absolute atomic E-state index is 0.0452. The lowest BCUT2D eigenvalue weighted by atomic mass is 10.3. The summed E-state index contributed by atoms with van der Waals surface area (Å²) < 4.78 is 1.58. The quantitative estimate of drug-likeness (QED) is 0.481. The van der Waals surface area contributed by atoms with Crippen molar-refractivity contribution < 1.29 is 4.92 Å². The molecule has 0 saturated carbocycles. The highest BCUT2D eigenvalue weighted by atomic mass is 16.6. The van der Waals surface area contributed by atoms with Gasteiger partial charge in [-0.25, -0.2) is 10.4 Å². The second-order valence-electron chi connectivity index (χ2n) is 3.13. The number of benzene rings is 1. The fraction of sp³-hybridized carbons (Fsp3) is 0.125. The van der Waals surface area contributed by atoms with Crippen LogP contribution in [0, 0.1) is 15.0 Å². The van der Waals surface area contributed by atoms with Gasteiger partial charge in [-0.3, -0.25) is 10.1 Å². The average molecular weight is 221 g/mol. The maximum atomic E-state index is 10.5. The Balaban J connectivity index is 2.62. The number of rotatable bonds is 3. The van der Waals surface area contributed by atoms with Crippen LogP contribution < -0.4 is 5.43 Å². The molecular weight excluding hydrogens is 214 g/mol. The zero-order valence-electron chi connectivity index (χ0n) is 8.25. The molecular formula is C8H7N5O3. The summed E-state index contributed by atoms with van der Waals surface area (Å²) in [5.74, 6) is 0.241. The molecule has 0 atom stereocenters. The van der Waals surface area contributed by atoms with E-state index in [1.807, 2.05) is 0 Å². The number of nitrogens with one attached hydrogen (secondary N) is 1. The van der Waals surface area contributed by atoms with Crippen molar-refractivity contribution in [2.45, 2.75) is 0 Å². The molecule has 8 heteroatoms. The third-order valence-electron chi connectivity index (χ3n) is 2.22. The van der Waals surface area contributed by atoms with E-state index in [-0.39, 0.29) is 11.6 Å². The number of non-ortho nitro benzene ring substituents is 1. The number of aryl methyl sites for hydroxylation is 1. The van der Waals surface area contributed by atoms with Crippen LogP contribution in [0.4, 0.5) is 11.6 Å². The summed E-state index contributed by atoms with van der Waals surface area (Å²) in [5.41, 5.74) is 3.23. The Labute approximate surface area is 89.0 Å². The highest BCUT2D eigenvalue weighted by molar-refractivity contribution is 5.80. The van der Waals surface area contributed by atoms with Crippen molar-refractivity contribution in [2.75, 3.05) is 5.43 Å². The van der Waals surface area contributed by atoms with Crippen LogP contribution in [0.25, 0.3) is 11.0 Å². The van der Waals surface area contributed by atoms with Crippen LogP contribution in [-0.4, -0.2) is 14.5 Å². The highest BCUT2D eigenvalue weighted by Crippen LogP contribution is 2.22. The van der Waals surface area contributed by atoms with Gasteiger partial charge in [0.05, 0.1) is 21.2 Å². The Hall–Kier alpha value is -2.51. The lowest BCUT2D eigenvalue weighted by molar-refractivity contribution is -0.384. The molecule has 0 aliphatic carbocycles. The van der Waals surface area contributed by atoms with E-state index in [9.17, 15) is 15.0 Å². The minimum Gasteiger partial charge on any atom is -0.312 e. The molecule has 1 N–H and O–H groups in total. The Kier molecular flexibility index (Phi) is 2.24. The van der Waals surface area contributed by atoms with E-state index >= 15 is 0 Å². The first-order valence-electron chi connectivity index (χ1n) is 4.32. The highest BCUT2D eigenvalue weighted by Gasteiger charge is 2.12. The zero-order valence-corrected chi connectivity index (χ0v) is 8.25. The van der Waals surface area contributed by atoms with Crippen LogP contribution in [0.3, 0.4) is 0 Å². The first-order chi connectivity index (χ1) is 7.63. The van der Waals surface area contributed by atoms with Gasteiger partial charge in [-0.2, -0.15) is 0 Å². The van der Waals surface area contributed by atoms with E-state index < -0.39 is 4.92 Å². The number of hydrogen-bond acceptors (Lipinski definition) is 5. The fourth-order valence-corrected chi connectivity index (χ4v) is 1.44. The van der Waals surface area contributed by atoms with E-state index in [0.29, 0.717) is 11.0 Å². The van der Waals surface area contributed by atoms with Gasteiger partial charge in [-0.05, 0) is 6.07 Å². The molecule has 16 heavy (non-hydrogen) atoms. The normalized spacial score (nSPS) is 10.3. The molecule has 0 fully saturated rings. The molecule has 0 aliphatic heterocycles. The summed E-state index contributed by atoms with van der Waals surface area (Å²) >= 11 is 0. The third-order valence-corrected chi connectivity index (χ3v) is 2.22. The molecule has 82 valence electrons. The molecule has 0 spiro atoms. The van der Waals surface area contributed by atoms with Crippen molar-refractivity contribution >= 4 is 22.7 Å². The Morgan fingerprint density at radius 2 is 2.31 bits per heavy atom. The molecule has 1 aromatic heterocycles. The standard InChI is InChI=1S/C8H7N5O3/c1-12-7-3-2-5(13(15)16)4-6(7)9-8(12)10-11-14/h2-4H,1H3,(H,9,10,14). The lowest BCUT2D eigenvalue weighted by Gasteiger charge is -1.97. The topological polar surface area (TPSA) is 102 Å². The molecule has 8 nitrogen and oxygen atoms in total. The predicted octanol–water partition coefficient (Wildman–Crippen LogP) is 1.57. The number of nitro groups is 1. The van der Waals surface area contributed by atoms with Crippen molar-refractivity contribution in [2.24, 2.45) is 12.3 Å². The van der Waals surface area contributed by atoms with Crippen LogP contribution in [0.15, 0.2) is 23.5 Å². The fourth-order valence-electron chi connectivity index (χ4n) is 1.44. The molecule has 2 rings (SSSR count). The molecule has 0 radical (unpaired) electrons. The Bertz CT molecular complexity index is 576. The van der Waals surface area contributed by atoms with Crippen molar-refractivity contribution in [3.63, 3.8) is 0 Å². The SMILES string of the molecule is Cn1c(NN=O)nc2cc([N+](=O)[O-])ccc21. The number of fused-ring (bicyclic) bond motifs is 1. The van der Waals surface area contributed by atoms with Crippen molar-refractivity contribution in [3.05, 3.63) is 33.2 Å². The van der Waals surface area contributed by atoms with Gasteiger partial charge in [0.2, 0.25) is 5.95 Å². The largest absolute Gasteiger partial charge is 0.312 e. The second kappa shape index (κ2) is 3.57. The van der Waals surface area contributed by atoms with E-state index in [0.717, 1.165) is 0 Å². The van der Waals surface area contributed by atoms with Crippen LogP contribution >= 0.6 is 0 Å². The summed E-state index contributed by atoms with van der Waals surface area (Å²) in [5, 5.41) is 13.1. The molecule has 0 aliphatic rings. The van der Waals surface area contributed by atoms with Crippen LogP contribution in [-0.2, 0) is 7.05 Å². The van der Waals surface area contributed by atoms with Gasteiger partial charge in [0.25, 0.3) is 5.69 Å². The average Bonchev–Trinajstić information content (AvgIpc) is 2.56. The maximum Gasteiger partial charge on any atom is 0.271 e. The number of anilines is 1.